The van der Waals surface area contributed by atoms with Gasteiger partial charge in [0.1, 0.15) is 0 Å². The molecule has 0 amide bonds. The molecular formula is C12H15IN2. The van der Waals surface area contributed by atoms with Crippen molar-refractivity contribution in [2.24, 2.45) is 0 Å². The first-order valence-corrected chi connectivity index (χ1v) is 6.03. The number of nitrogens with zero attached hydrogens (tertiary/aromatic N) is 2. The third-order valence-corrected chi connectivity index (χ3v) is 3.20. The van der Waals surface area contributed by atoms with E-state index in [4.69, 9.17) is 5.26 Å². The largest absolute Gasteiger partial charge is 0.298 e. The number of nitriles is 1. The highest BCUT2D eigenvalue weighted by atomic mass is 127. The Bertz CT molecular complexity index is 340. The van der Waals surface area contributed by atoms with Gasteiger partial charge >= 0.3 is 0 Å². The molecule has 0 aromatic heterocycles. The van der Waals surface area contributed by atoms with Crippen molar-refractivity contribution in [1.82, 2.24) is 4.90 Å². The fourth-order valence-electron chi connectivity index (χ4n) is 1.32. The summed E-state index contributed by atoms with van der Waals surface area (Å²) in [7, 11) is 2.06. The van der Waals surface area contributed by atoms with E-state index < -0.39 is 0 Å². The van der Waals surface area contributed by atoms with Crippen LogP contribution in [0.2, 0.25) is 0 Å². The molecule has 0 radical (unpaired) electrons. The molecule has 0 saturated heterocycles. The van der Waals surface area contributed by atoms with Gasteiger partial charge in [-0.25, -0.2) is 0 Å². The van der Waals surface area contributed by atoms with Gasteiger partial charge < -0.3 is 0 Å². The summed E-state index contributed by atoms with van der Waals surface area (Å²) in [5.41, 5.74) is 1.29. The van der Waals surface area contributed by atoms with Gasteiger partial charge in [-0.3, -0.25) is 4.90 Å². The Kier molecular flexibility index (Phi) is 5.06. The van der Waals surface area contributed by atoms with Crippen LogP contribution in [0.5, 0.6) is 0 Å². The van der Waals surface area contributed by atoms with Crippen LogP contribution in [0.15, 0.2) is 24.3 Å². The lowest BCUT2D eigenvalue weighted by atomic mass is 10.1. The van der Waals surface area contributed by atoms with Gasteiger partial charge in [0, 0.05) is 16.2 Å². The van der Waals surface area contributed by atoms with Crippen LogP contribution >= 0.6 is 22.6 Å². The van der Waals surface area contributed by atoms with Crippen molar-refractivity contribution < 1.29 is 0 Å². The normalized spacial score (nSPS) is 12.5. The van der Waals surface area contributed by atoms with Crippen molar-refractivity contribution in [2.45, 2.75) is 25.9 Å². The summed E-state index contributed by atoms with van der Waals surface area (Å²) in [6.07, 6.45) is 0.584. The van der Waals surface area contributed by atoms with Gasteiger partial charge in [0.2, 0.25) is 0 Å². The minimum Gasteiger partial charge on any atom is -0.298 e. The molecule has 3 heteroatoms. The summed E-state index contributed by atoms with van der Waals surface area (Å²) < 4.78 is 1.25. The fourth-order valence-corrected chi connectivity index (χ4v) is 1.68. The third kappa shape index (κ3) is 4.18. The second-order valence-corrected chi connectivity index (χ2v) is 5.00. The molecule has 15 heavy (non-hydrogen) atoms. The van der Waals surface area contributed by atoms with Gasteiger partial charge in [0.05, 0.1) is 12.5 Å². The summed E-state index contributed by atoms with van der Waals surface area (Å²) >= 11 is 2.30. The maximum atomic E-state index is 8.61. The highest BCUT2D eigenvalue weighted by Gasteiger charge is 2.08. The maximum Gasteiger partial charge on any atom is 0.0638 e. The van der Waals surface area contributed by atoms with E-state index in [0.717, 1.165) is 6.54 Å². The molecule has 0 aliphatic carbocycles. The fraction of sp³-hybridized carbons (Fsp3) is 0.417. The van der Waals surface area contributed by atoms with E-state index in [1.165, 1.54) is 9.13 Å². The summed E-state index contributed by atoms with van der Waals surface area (Å²) in [5, 5.41) is 8.61. The van der Waals surface area contributed by atoms with Crippen LogP contribution in [0.25, 0.3) is 0 Å². The van der Waals surface area contributed by atoms with Gasteiger partial charge in [0.15, 0.2) is 0 Å². The van der Waals surface area contributed by atoms with Crippen LogP contribution < -0.4 is 0 Å². The maximum absolute atomic E-state index is 8.61. The van der Waals surface area contributed by atoms with E-state index in [1.54, 1.807) is 0 Å². The Labute approximate surface area is 105 Å². The molecule has 0 heterocycles. The lowest BCUT2D eigenvalue weighted by Crippen LogP contribution is -2.28. The molecule has 80 valence electrons. The van der Waals surface area contributed by atoms with Crippen molar-refractivity contribution in [3.05, 3.63) is 33.4 Å². The summed E-state index contributed by atoms with van der Waals surface area (Å²) in [4.78, 5) is 2.20. The molecule has 2 nitrogen and oxygen atoms in total. The molecule has 1 atom stereocenters. The van der Waals surface area contributed by atoms with Crippen LogP contribution in [0.1, 0.15) is 18.9 Å². The standard InChI is InChI=1S/C12H15IN2/c1-10(7-8-14)15(2)9-11-3-5-12(13)6-4-11/h3-6,10H,7,9H2,1-2H3. The van der Waals surface area contributed by atoms with Crippen molar-refractivity contribution in [3.63, 3.8) is 0 Å². The predicted octanol–water partition coefficient (Wildman–Crippen LogP) is 3.03. The average Bonchev–Trinajstić information content (AvgIpc) is 2.22. The Morgan fingerprint density at radius 2 is 2.00 bits per heavy atom. The summed E-state index contributed by atoms with van der Waals surface area (Å²) in [6.45, 7) is 2.98. The molecule has 0 N–H and O–H groups in total. The number of benzene rings is 1. The minimum absolute atomic E-state index is 0.314. The molecule has 0 saturated carbocycles. The van der Waals surface area contributed by atoms with Gasteiger partial charge in [-0.05, 0) is 54.3 Å². The van der Waals surface area contributed by atoms with Gasteiger partial charge in [-0.2, -0.15) is 5.26 Å². The summed E-state index contributed by atoms with van der Waals surface area (Å²) in [6, 6.07) is 11.0. The van der Waals surface area contributed by atoms with Gasteiger partial charge in [-0.1, -0.05) is 12.1 Å². The molecule has 0 bridgehead atoms. The molecule has 1 aromatic rings. The molecule has 1 aromatic carbocycles. The Morgan fingerprint density at radius 3 is 2.53 bits per heavy atom. The molecule has 0 aliphatic rings. The Balaban J connectivity index is 2.55. The van der Waals surface area contributed by atoms with E-state index >= 15 is 0 Å². The van der Waals surface area contributed by atoms with E-state index in [-0.39, 0.29) is 0 Å². The highest BCUT2D eigenvalue weighted by Crippen LogP contribution is 2.10. The third-order valence-electron chi connectivity index (χ3n) is 2.48. The van der Waals surface area contributed by atoms with E-state index in [0.29, 0.717) is 12.5 Å². The second-order valence-electron chi connectivity index (χ2n) is 3.75. The topological polar surface area (TPSA) is 27.0 Å². The zero-order valence-corrected chi connectivity index (χ0v) is 11.2. The minimum atomic E-state index is 0.314. The smallest absolute Gasteiger partial charge is 0.0638 e. The molecule has 1 unspecified atom stereocenters. The number of halogens is 1. The van der Waals surface area contributed by atoms with Crippen molar-refractivity contribution in [2.75, 3.05) is 7.05 Å². The average molecular weight is 314 g/mol. The SMILES string of the molecule is CC(CC#N)N(C)Cc1ccc(I)cc1. The van der Waals surface area contributed by atoms with Crippen LogP contribution in [0.4, 0.5) is 0 Å². The summed E-state index contributed by atoms with van der Waals surface area (Å²) in [5.74, 6) is 0. The van der Waals surface area contributed by atoms with E-state index in [1.807, 2.05) is 0 Å². The second kappa shape index (κ2) is 6.09. The van der Waals surface area contributed by atoms with Crippen molar-refractivity contribution >= 4 is 22.6 Å². The molecule has 0 spiro atoms. The van der Waals surface area contributed by atoms with Crippen LogP contribution in [-0.2, 0) is 6.54 Å². The van der Waals surface area contributed by atoms with Crippen molar-refractivity contribution in [1.29, 1.82) is 5.26 Å². The monoisotopic (exact) mass is 314 g/mol. The zero-order valence-electron chi connectivity index (χ0n) is 9.07. The predicted molar refractivity (Wildman–Crippen MR) is 70.3 cm³/mol. The molecular weight excluding hydrogens is 299 g/mol. The van der Waals surface area contributed by atoms with E-state index in [9.17, 15) is 0 Å². The molecule has 0 aliphatic heterocycles. The first-order valence-electron chi connectivity index (χ1n) is 4.95. The van der Waals surface area contributed by atoms with Crippen LogP contribution in [0.3, 0.4) is 0 Å². The lowest BCUT2D eigenvalue weighted by Gasteiger charge is -2.22. The first-order chi connectivity index (χ1) is 7.13. The van der Waals surface area contributed by atoms with Gasteiger partial charge in [0.25, 0.3) is 0 Å². The quantitative estimate of drug-likeness (QED) is 0.799. The number of hydrogen-bond donors (Lipinski definition) is 0. The lowest BCUT2D eigenvalue weighted by molar-refractivity contribution is 0.252. The Morgan fingerprint density at radius 1 is 1.40 bits per heavy atom. The highest BCUT2D eigenvalue weighted by molar-refractivity contribution is 14.1. The van der Waals surface area contributed by atoms with Crippen LogP contribution in [0, 0.1) is 14.9 Å². The van der Waals surface area contributed by atoms with Crippen LogP contribution in [-0.4, -0.2) is 18.0 Å². The number of hydrogen-bond acceptors (Lipinski definition) is 2. The van der Waals surface area contributed by atoms with Crippen molar-refractivity contribution in [3.8, 4) is 6.07 Å². The zero-order chi connectivity index (χ0) is 11.3. The van der Waals surface area contributed by atoms with Gasteiger partial charge in [-0.15, -0.1) is 0 Å². The Hall–Kier alpha value is -0.600. The first kappa shape index (κ1) is 12.5. The van der Waals surface area contributed by atoms with E-state index in [2.05, 4.69) is 71.8 Å². The molecule has 1 rings (SSSR count). The number of rotatable bonds is 4. The molecule has 0 fully saturated rings.